The molecule has 1 fully saturated rings. The highest BCUT2D eigenvalue weighted by atomic mass is 127. The fourth-order valence-corrected chi connectivity index (χ4v) is 5.64. The van der Waals surface area contributed by atoms with Gasteiger partial charge in [-0.15, -0.1) is 0 Å². The Morgan fingerprint density at radius 2 is 1.45 bits per heavy atom. The lowest BCUT2D eigenvalue weighted by atomic mass is 9.77. The first kappa shape index (κ1) is 39.9. The van der Waals surface area contributed by atoms with Gasteiger partial charge < -0.3 is 44.2 Å². The van der Waals surface area contributed by atoms with Gasteiger partial charge in [-0.2, -0.15) is 0 Å². The number of esters is 1. The van der Waals surface area contributed by atoms with Crippen LogP contribution >= 0.6 is 22.6 Å². The van der Waals surface area contributed by atoms with Gasteiger partial charge in [0.15, 0.2) is 0 Å². The number of nitrogens with one attached hydrogen (secondary N) is 3. The predicted octanol–water partition coefficient (Wildman–Crippen LogP) is 3.58. The zero-order valence-corrected chi connectivity index (χ0v) is 32.1. The summed E-state index contributed by atoms with van der Waals surface area (Å²) in [4.78, 5) is 52.6. The van der Waals surface area contributed by atoms with Crippen LogP contribution in [0.25, 0.3) is 0 Å². The van der Waals surface area contributed by atoms with E-state index < -0.39 is 65.9 Å². The predicted molar refractivity (Wildman–Crippen MR) is 192 cm³/mol. The second-order valence-electron chi connectivity index (χ2n) is 13.7. The summed E-state index contributed by atoms with van der Waals surface area (Å²) in [6.45, 7) is 14.3. The smallest absolute Gasteiger partial charge is 0.497 e. The first-order chi connectivity index (χ1) is 22.7. The van der Waals surface area contributed by atoms with Crippen molar-refractivity contribution in [3.63, 3.8) is 0 Å². The molecule has 0 bridgehead atoms. The van der Waals surface area contributed by atoms with Gasteiger partial charge in [0, 0.05) is 11.9 Å². The number of rotatable bonds is 12. The van der Waals surface area contributed by atoms with Crippen LogP contribution in [0.5, 0.6) is 11.5 Å². The van der Waals surface area contributed by atoms with Crippen molar-refractivity contribution in [1.82, 2.24) is 16.0 Å². The standard InChI is InChI=1S/C34H47BIN3O10/c1-19(37-29(41)27(39-31(43)47-32(2,3)4)21-13-15-26(45-10)23(36)18-21)28(40)38-24(30(42)46-11)17-20-12-14-25(44-9)22(16-20)35-48-33(5,6)34(7,8)49-35/h12-16,18-19,24,27H,17H2,1-11H3,(H,37,41)(H,38,40)(H,39,43)/t19-,24-,27-/m0/s1. The van der Waals surface area contributed by atoms with Crippen LogP contribution in [0.3, 0.4) is 0 Å². The van der Waals surface area contributed by atoms with Crippen LogP contribution in [0.4, 0.5) is 4.79 Å². The minimum atomic E-state index is -1.21. The van der Waals surface area contributed by atoms with E-state index in [2.05, 4.69) is 38.5 Å². The van der Waals surface area contributed by atoms with E-state index in [0.717, 1.165) is 0 Å². The highest BCUT2D eigenvalue weighted by Gasteiger charge is 2.52. The number of ether oxygens (including phenoxy) is 4. The van der Waals surface area contributed by atoms with Crippen molar-refractivity contribution in [3.8, 4) is 11.5 Å². The summed E-state index contributed by atoms with van der Waals surface area (Å²) in [6.07, 6.45) is -0.761. The van der Waals surface area contributed by atoms with Crippen LogP contribution < -0.4 is 30.9 Å². The SMILES string of the molecule is COC(=O)[C@H](Cc1ccc(OC)c(B2OC(C)(C)C(C)(C)O2)c1)NC(=O)[C@H](C)NC(=O)[C@@H](NC(=O)OC(C)(C)C)c1ccc(OC)c(I)c1. The molecule has 3 amide bonds. The second kappa shape index (κ2) is 16.0. The summed E-state index contributed by atoms with van der Waals surface area (Å²) in [5.41, 5.74) is -0.250. The topological polar surface area (TPSA) is 160 Å². The van der Waals surface area contributed by atoms with Crippen LogP contribution in [0.1, 0.15) is 72.6 Å². The third-order valence-corrected chi connectivity index (χ3v) is 9.07. The number of hydrogen-bond acceptors (Lipinski definition) is 10. The van der Waals surface area contributed by atoms with Gasteiger partial charge in [-0.3, -0.25) is 9.59 Å². The molecule has 2 aromatic rings. The van der Waals surface area contributed by atoms with Crippen molar-refractivity contribution >= 4 is 59.0 Å². The monoisotopic (exact) mass is 795 g/mol. The minimum Gasteiger partial charge on any atom is -0.497 e. The van der Waals surface area contributed by atoms with Gasteiger partial charge in [0.05, 0.1) is 36.1 Å². The average molecular weight is 795 g/mol. The van der Waals surface area contributed by atoms with E-state index >= 15 is 0 Å². The first-order valence-corrected chi connectivity index (χ1v) is 16.8. The zero-order chi connectivity index (χ0) is 36.9. The maximum atomic E-state index is 13.6. The lowest BCUT2D eigenvalue weighted by Gasteiger charge is -2.32. The number of carbonyl (C=O) groups is 4. The summed E-state index contributed by atoms with van der Waals surface area (Å²) >= 11 is 2.06. The second-order valence-corrected chi connectivity index (χ2v) is 14.8. The normalized spacial score (nSPS) is 16.9. The van der Waals surface area contributed by atoms with E-state index in [9.17, 15) is 19.2 Å². The van der Waals surface area contributed by atoms with Crippen molar-refractivity contribution in [1.29, 1.82) is 0 Å². The summed E-state index contributed by atoms with van der Waals surface area (Å²) < 4.78 is 34.4. The number of alkyl carbamates (subject to hydrolysis) is 1. The number of carbonyl (C=O) groups excluding carboxylic acids is 4. The highest BCUT2D eigenvalue weighted by molar-refractivity contribution is 14.1. The quantitative estimate of drug-likeness (QED) is 0.165. The number of hydrogen-bond donors (Lipinski definition) is 3. The van der Waals surface area contributed by atoms with Crippen LogP contribution in [0, 0.1) is 3.57 Å². The van der Waals surface area contributed by atoms with Crippen molar-refractivity contribution < 1.29 is 47.4 Å². The molecule has 0 radical (unpaired) electrons. The Bertz CT molecular complexity index is 1530. The molecule has 0 spiro atoms. The van der Waals surface area contributed by atoms with E-state index in [4.69, 9.17) is 28.3 Å². The van der Waals surface area contributed by atoms with Crippen LogP contribution in [-0.4, -0.2) is 81.2 Å². The van der Waals surface area contributed by atoms with Crippen molar-refractivity contribution in [3.05, 3.63) is 51.1 Å². The van der Waals surface area contributed by atoms with Gasteiger partial charge in [-0.1, -0.05) is 18.2 Å². The van der Waals surface area contributed by atoms with Gasteiger partial charge in [-0.25, -0.2) is 9.59 Å². The molecular formula is C34H47BIN3O10. The molecule has 1 aliphatic rings. The van der Waals surface area contributed by atoms with E-state index in [1.807, 2.05) is 27.7 Å². The third kappa shape index (κ3) is 10.2. The fourth-order valence-electron chi connectivity index (χ4n) is 4.88. The number of amides is 3. The highest BCUT2D eigenvalue weighted by Crippen LogP contribution is 2.37. The first-order valence-electron chi connectivity index (χ1n) is 15.8. The third-order valence-electron chi connectivity index (χ3n) is 8.23. The fraction of sp³-hybridized carbons (Fsp3) is 0.529. The minimum absolute atomic E-state index is 0.0582. The molecule has 0 aromatic heterocycles. The average Bonchev–Trinajstić information content (AvgIpc) is 3.23. The molecule has 3 atom stereocenters. The van der Waals surface area contributed by atoms with Crippen LogP contribution in [-0.2, 0) is 39.6 Å². The molecule has 1 heterocycles. The van der Waals surface area contributed by atoms with E-state index in [0.29, 0.717) is 31.7 Å². The van der Waals surface area contributed by atoms with Gasteiger partial charge in [-0.05, 0) is 107 Å². The Morgan fingerprint density at radius 1 is 0.857 bits per heavy atom. The van der Waals surface area contributed by atoms with Gasteiger partial charge >= 0.3 is 19.2 Å². The molecule has 0 unspecified atom stereocenters. The van der Waals surface area contributed by atoms with Crippen LogP contribution in [0.2, 0.25) is 0 Å². The van der Waals surface area contributed by atoms with Crippen molar-refractivity contribution in [2.45, 2.75) is 96.7 Å². The van der Waals surface area contributed by atoms with E-state index in [1.165, 1.54) is 21.1 Å². The number of halogens is 1. The molecule has 268 valence electrons. The molecule has 0 saturated carbocycles. The molecule has 2 aromatic carbocycles. The summed E-state index contributed by atoms with van der Waals surface area (Å²) in [6, 6.07) is 6.87. The maximum Gasteiger partial charge on any atom is 0.498 e. The Labute approximate surface area is 302 Å². The molecule has 3 rings (SSSR count). The molecule has 15 heteroatoms. The Kier molecular flexibility index (Phi) is 13.0. The molecule has 0 aliphatic carbocycles. The summed E-state index contributed by atoms with van der Waals surface area (Å²) in [5, 5.41) is 7.92. The molecular weight excluding hydrogens is 748 g/mol. The lowest BCUT2D eigenvalue weighted by Crippen LogP contribution is -2.53. The number of benzene rings is 2. The number of methoxy groups -OCH3 is 3. The Hall–Kier alpha value is -3.57. The molecule has 13 nitrogen and oxygen atoms in total. The Balaban J connectivity index is 1.80. The zero-order valence-electron chi connectivity index (χ0n) is 29.9. The van der Waals surface area contributed by atoms with Crippen LogP contribution in [0.15, 0.2) is 36.4 Å². The Morgan fingerprint density at radius 3 is 1.98 bits per heavy atom. The lowest BCUT2D eigenvalue weighted by molar-refractivity contribution is -0.145. The summed E-state index contributed by atoms with van der Waals surface area (Å²) in [7, 11) is 3.56. The van der Waals surface area contributed by atoms with Gasteiger partial charge in [0.2, 0.25) is 11.8 Å². The van der Waals surface area contributed by atoms with E-state index in [-0.39, 0.29) is 6.42 Å². The van der Waals surface area contributed by atoms with Crippen molar-refractivity contribution in [2.24, 2.45) is 0 Å². The van der Waals surface area contributed by atoms with Gasteiger partial charge in [0.25, 0.3) is 0 Å². The molecule has 1 aliphatic heterocycles. The van der Waals surface area contributed by atoms with E-state index in [1.54, 1.807) is 64.3 Å². The molecule has 1 saturated heterocycles. The summed E-state index contributed by atoms with van der Waals surface area (Å²) in [5.74, 6) is -0.882. The largest absolute Gasteiger partial charge is 0.498 e. The van der Waals surface area contributed by atoms with Crippen molar-refractivity contribution in [2.75, 3.05) is 21.3 Å². The molecule has 49 heavy (non-hydrogen) atoms. The van der Waals surface area contributed by atoms with Gasteiger partial charge in [0.1, 0.15) is 35.2 Å². The maximum absolute atomic E-state index is 13.6. The molecule has 3 N–H and O–H groups in total.